The lowest BCUT2D eigenvalue weighted by Gasteiger charge is -2.31. The van der Waals surface area contributed by atoms with Gasteiger partial charge in [-0.1, -0.05) is 87.3 Å². The Labute approximate surface area is 239 Å². The number of hydrogen-bond donors (Lipinski definition) is 1. The van der Waals surface area contributed by atoms with E-state index in [4.69, 9.17) is 16.3 Å². The summed E-state index contributed by atoms with van der Waals surface area (Å²) in [5, 5.41) is 3.65. The van der Waals surface area contributed by atoms with Crippen LogP contribution in [-0.2, 0) is 22.6 Å². The number of rotatable bonds is 13. The molecule has 1 atom stereocenters. The van der Waals surface area contributed by atoms with E-state index in [2.05, 4.69) is 42.0 Å². The number of benzene rings is 3. The molecule has 0 bridgehead atoms. The highest BCUT2D eigenvalue weighted by atomic mass is 79.9. The van der Waals surface area contributed by atoms with Gasteiger partial charge in [0.25, 0.3) is 5.91 Å². The fraction of sp³-hybridized carbons (Fsp3) is 0.355. The van der Waals surface area contributed by atoms with Gasteiger partial charge in [-0.25, -0.2) is 0 Å². The number of hydrogen-bond acceptors (Lipinski definition) is 3. The second-order valence-electron chi connectivity index (χ2n) is 9.63. The summed E-state index contributed by atoms with van der Waals surface area (Å²) in [6, 6.07) is 22.3. The van der Waals surface area contributed by atoms with Crippen molar-refractivity contribution in [1.29, 1.82) is 0 Å². The Bertz CT molecular complexity index is 1190. The van der Waals surface area contributed by atoms with Crippen LogP contribution in [0.25, 0.3) is 0 Å². The van der Waals surface area contributed by atoms with E-state index in [1.807, 2.05) is 60.7 Å². The standard InChI is InChI=1S/C31H36BrClN2O3/c1-4-5-17-34-31(37)28(18-23-9-7-6-8-10-23)35(20-24-11-14-26(33)15-12-24)30(36)21-38-29-16-13-25(22(2)3)19-27(29)32/h6-16,19,22,28H,4-5,17-18,20-21H2,1-3H3,(H,34,37)/t28-/m0/s1. The molecular formula is C31H36BrClN2O3. The van der Waals surface area contributed by atoms with Crippen molar-refractivity contribution in [3.05, 3.63) is 99.0 Å². The molecule has 1 N–H and O–H groups in total. The quantitative estimate of drug-likeness (QED) is 0.212. The third-order valence-corrected chi connectivity index (χ3v) is 7.21. The summed E-state index contributed by atoms with van der Waals surface area (Å²) < 4.78 is 6.75. The zero-order chi connectivity index (χ0) is 27.5. The van der Waals surface area contributed by atoms with Gasteiger partial charge < -0.3 is 15.0 Å². The van der Waals surface area contributed by atoms with Crippen molar-refractivity contribution >= 4 is 39.3 Å². The van der Waals surface area contributed by atoms with Crippen LogP contribution < -0.4 is 10.1 Å². The molecular weight excluding hydrogens is 564 g/mol. The molecule has 0 radical (unpaired) electrons. The molecule has 0 heterocycles. The van der Waals surface area contributed by atoms with Crippen molar-refractivity contribution in [3.8, 4) is 5.75 Å². The van der Waals surface area contributed by atoms with Crippen molar-refractivity contribution in [1.82, 2.24) is 10.2 Å². The molecule has 0 aliphatic rings. The number of nitrogens with one attached hydrogen (secondary N) is 1. The van der Waals surface area contributed by atoms with Gasteiger partial charge in [0.2, 0.25) is 5.91 Å². The normalized spacial score (nSPS) is 11.7. The Morgan fingerprint density at radius 2 is 1.71 bits per heavy atom. The Morgan fingerprint density at radius 1 is 1.00 bits per heavy atom. The minimum atomic E-state index is -0.701. The van der Waals surface area contributed by atoms with Crippen LogP contribution in [0.1, 0.15) is 56.2 Å². The second-order valence-corrected chi connectivity index (χ2v) is 10.9. The van der Waals surface area contributed by atoms with E-state index >= 15 is 0 Å². The molecule has 0 saturated heterocycles. The molecule has 7 heteroatoms. The minimum Gasteiger partial charge on any atom is -0.483 e. The summed E-state index contributed by atoms with van der Waals surface area (Å²) in [5.41, 5.74) is 3.03. The summed E-state index contributed by atoms with van der Waals surface area (Å²) in [4.78, 5) is 28.8. The number of nitrogens with zero attached hydrogens (tertiary/aromatic N) is 1. The van der Waals surface area contributed by atoms with E-state index in [1.165, 1.54) is 5.56 Å². The average Bonchev–Trinajstić information content (AvgIpc) is 2.91. The van der Waals surface area contributed by atoms with Crippen LogP contribution >= 0.6 is 27.5 Å². The van der Waals surface area contributed by atoms with Crippen molar-refractivity contribution in [2.75, 3.05) is 13.2 Å². The number of carbonyl (C=O) groups is 2. The van der Waals surface area contributed by atoms with E-state index < -0.39 is 6.04 Å². The van der Waals surface area contributed by atoms with Crippen LogP contribution in [0.3, 0.4) is 0 Å². The molecule has 5 nitrogen and oxygen atoms in total. The first-order valence-corrected chi connectivity index (χ1v) is 14.2. The molecule has 2 amide bonds. The molecule has 3 aromatic rings. The van der Waals surface area contributed by atoms with Crippen LogP contribution in [0.5, 0.6) is 5.75 Å². The first kappa shape index (κ1) is 29.7. The third-order valence-electron chi connectivity index (χ3n) is 6.34. The van der Waals surface area contributed by atoms with Crippen LogP contribution in [0.2, 0.25) is 5.02 Å². The lowest BCUT2D eigenvalue weighted by Crippen LogP contribution is -2.51. The minimum absolute atomic E-state index is 0.174. The van der Waals surface area contributed by atoms with Gasteiger partial charge in [0.05, 0.1) is 4.47 Å². The van der Waals surface area contributed by atoms with Gasteiger partial charge in [-0.2, -0.15) is 0 Å². The summed E-state index contributed by atoms with van der Waals surface area (Å²) in [6.45, 7) is 6.95. The zero-order valence-corrected chi connectivity index (χ0v) is 24.6. The summed E-state index contributed by atoms with van der Waals surface area (Å²) in [7, 11) is 0. The number of unbranched alkanes of at least 4 members (excludes halogenated alkanes) is 1. The maximum absolute atomic E-state index is 13.7. The van der Waals surface area contributed by atoms with E-state index in [9.17, 15) is 9.59 Å². The van der Waals surface area contributed by atoms with Gasteiger partial charge >= 0.3 is 0 Å². The third kappa shape index (κ3) is 8.88. The predicted octanol–water partition coefficient (Wildman–Crippen LogP) is 7.16. The molecule has 0 unspecified atom stereocenters. The second kappa shape index (κ2) is 14.9. The number of amides is 2. The van der Waals surface area contributed by atoms with Crippen molar-refractivity contribution < 1.29 is 14.3 Å². The molecule has 0 aromatic heterocycles. The number of halogens is 2. The average molecular weight is 600 g/mol. The van der Waals surface area contributed by atoms with Gasteiger partial charge in [-0.05, 0) is 69.2 Å². The van der Waals surface area contributed by atoms with Crippen molar-refractivity contribution in [2.24, 2.45) is 0 Å². The number of ether oxygens (including phenoxy) is 1. The molecule has 0 aliphatic carbocycles. The largest absolute Gasteiger partial charge is 0.483 e. The Kier molecular flexibility index (Phi) is 11.7. The fourth-order valence-corrected chi connectivity index (χ4v) is 4.70. The predicted molar refractivity (Wildman–Crippen MR) is 158 cm³/mol. The lowest BCUT2D eigenvalue weighted by atomic mass is 10.0. The van der Waals surface area contributed by atoms with Crippen molar-refractivity contribution in [2.45, 2.75) is 58.5 Å². The molecule has 202 valence electrons. The first-order valence-electron chi connectivity index (χ1n) is 13.1. The van der Waals surface area contributed by atoms with Crippen LogP contribution in [0.15, 0.2) is 77.3 Å². The van der Waals surface area contributed by atoms with E-state index in [-0.39, 0.29) is 25.0 Å². The van der Waals surface area contributed by atoms with Gasteiger partial charge in [0, 0.05) is 24.5 Å². The molecule has 0 fully saturated rings. The summed E-state index contributed by atoms with van der Waals surface area (Å²) in [6.07, 6.45) is 2.23. The molecule has 0 aliphatic heterocycles. The van der Waals surface area contributed by atoms with Crippen molar-refractivity contribution in [3.63, 3.8) is 0 Å². The lowest BCUT2D eigenvalue weighted by molar-refractivity contribution is -0.142. The number of carbonyl (C=O) groups excluding carboxylic acids is 2. The molecule has 3 rings (SSSR count). The fourth-order valence-electron chi connectivity index (χ4n) is 4.06. The smallest absolute Gasteiger partial charge is 0.261 e. The molecule has 38 heavy (non-hydrogen) atoms. The van der Waals surface area contributed by atoms with E-state index in [0.29, 0.717) is 29.7 Å². The van der Waals surface area contributed by atoms with Crippen LogP contribution in [-0.4, -0.2) is 35.9 Å². The molecule has 0 spiro atoms. The van der Waals surface area contributed by atoms with Crippen LogP contribution in [0.4, 0.5) is 0 Å². The monoisotopic (exact) mass is 598 g/mol. The highest BCUT2D eigenvalue weighted by Gasteiger charge is 2.30. The Balaban J connectivity index is 1.88. The maximum Gasteiger partial charge on any atom is 0.261 e. The Morgan fingerprint density at radius 3 is 2.34 bits per heavy atom. The van der Waals surface area contributed by atoms with E-state index in [0.717, 1.165) is 28.4 Å². The van der Waals surface area contributed by atoms with E-state index in [1.54, 1.807) is 17.0 Å². The topological polar surface area (TPSA) is 58.6 Å². The summed E-state index contributed by atoms with van der Waals surface area (Å²) in [5.74, 6) is 0.515. The molecule has 0 saturated carbocycles. The summed E-state index contributed by atoms with van der Waals surface area (Å²) >= 11 is 9.66. The van der Waals surface area contributed by atoms with Crippen LogP contribution in [0, 0.1) is 0 Å². The molecule has 3 aromatic carbocycles. The Hall–Kier alpha value is -2.83. The van der Waals surface area contributed by atoms with Gasteiger partial charge in [-0.15, -0.1) is 0 Å². The highest BCUT2D eigenvalue weighted by Crippen LogP contribution is 2.29. The van der Waals surface area contributed by atoms with Gasteiger partial charge in [0.15, 0.2) is 6.61 Å². The maximum atomic E-state index is 13.7. The van der Waals surface area contributed by atoms with Gasteiger partial charge in [0.1, 0.15) is 11.8 Å². The van der Waals surface area contributed by atoms with Gasteiger partial charge in [-0.3, -0.25) is 9.59 Å². The SMILES string of the molecule is CCCCNC(=O)[C@H](Cc1ccccc1)N(Cc1ccc(Cl)cc1)C(=O)COc1ccc(C(C)C)cc1Br. The highest BCUT2D eigenvalue weighted by molar-refractivity contribution is 9.10. The zero-order valence-electron chi connectivity index (χ0n) is 22.3. The first-order chi connectivity index (χ1) is 18.3.